The molecule has 0 saturated carbocycles. The van der Waals surface area contributed by atoms with Crippen LogP contribution in [0.5, 0.6) is 0 Å². The van der Waals surface area contributed by atoms with E-state index in [0.29, 0.717) is 5.56 Å². The molecule has 0 saturated heterocycles. The summed E-state index contributed by atoms with van der Waals surface area (Å²) in [6.45, 7) is 0. The van der Waals surface area contributed by atoms with Crippen LogP contribution in [0.4, 0.5) is 18.9 Å². The molecular weight excluding hydrogens is 299 g/mol. The van der Waals surface area contributed by atoms with Crippen molar-refractivity contribution >= 4 is 23.4 Å². The number of amides is 1. The molecule has 2 rings (SSSR count). The van der Waals surface area contributed by atoms with Gasteiger partial charge in [-0.05, 0) is 36.6 Å². The lowest BCUT2D eigenvalue weighted by Crippen LogP contribution is -2.14. The maximum Gasteiger partial charge on any atom is 0.416 e. The van der Waals surface area contributed by atoms with Crippen LogP contribution in [0, 0.1) is 0 Å². The Morgan fingerprint density at radius 2 is 1.81 bits per heavy atom. The normalized spacial score (nSPS) is 11.2. The molecule has 2 aromatic rings. The molecule has 110 valence electrons. The van der Waals surface area contributed by atoms with Gasteiger partial charge in [0, 0.05) is 10.6 Å². The molecule has 0 radical (unpaired) electrons. The summed E-state index contributed by atoms with van der Waals surface area (Å²) >= 11 is 1.40. The van der Waals surface area contributed by atoms with Gasteiger partial charge in [-0.1, -0.05) is 18.2 Å². The molecule has 2 nitrogen and oxygen atoms in total. The molecule has 6 heteroatoms. The van der Waals surface area contributed by atoms with E-state index in [4.69, 9.17) is 0 Å². The average molecular weight is 311 g/mol. The highest BCUT2D eigenvalue weighted by molar-refractivity contribution is 7.98. The Bertz CT molecular complexity index is 655. The van der Waals surface area contributed by atoms with Crippen LogP contribution in [0.1, 0.15) is 15.9 Å². The van der Waals surface area contributed by atoms with Crippen molar-refractivity contribution in [2.45, 2.75) is 11.1 Å². The van der Waals surface area contributed by atoms with Gasteiger partial charge in [0.15, 0.2) is 0 Å². The summed E-state index contributed by atoms with van der Waals surface area (Å²) in [7, 11) is 0. The number of halogens is 3. The highest BCUT2D eigenvalue weighted by Crippen LogP contribution is 2.31. The van der Waals surface area contributed by atoms with Crippen molar-refractivity contribution in [1.29, 1.82) is 0 Å². The maximum atomic E-state index is 12.6. The number of rotatable bonds is 3. The van der Waals surface area contributed by atoms with Gasteiger partial charge < -0.3 is 5.32 Å². The standard InChI is InChI=1S/C15H12F3NOS/c1-21-13-8-3-2-7-12(13)14(20)19-11-6-4-5-10(9-11)15(16,17)18/h2-9H,1H3,(H,19,20). The lowest BCUT2D eigenvalue weighted by Gasteiger charge is -2.11. The zero-order valence-corrected chi connectivity index (χ0v) is 11.9. The number of carbonyl (C=O) groups excluding carboxylic acids is 1. The van der Waals surface area contributed by atoms with Crippen LogP contribution in [0.3, 0.4) is 0 Å². The van der Waals surface area contributed by atoms with Crippen LogP contribution >= 0.6 is 11.8 Å². The first-order valence-corrected chi connectivity index (χ1v) is 7.26. The Balaban J connectivity index is 2.24. The minimum Gasteiger partial charge on any atom is -0.322 e. The van der Waals surface area contributed by atoms with E-state index in [2.05, 4.69) is 5.32 Å². The Hall–Kier alpha value is -1.95. The monoisotopic (exact) mass is 311 g/mol. The van der Waals surface area contributed by atoms with Gasteiger partial charge in [0.25, 0.3) is 5.91 Å². The van der Waals surface area contributed by atoms with E-state index in [0.717, 1.165) is 17.0 Å². The molecule has 0 spiro atoms. The number of hydrogen-bond acceptors (Lipinski definition) is 2. The molecule has 1 N–H and O–H groups in total. The molecule has 1 amide bonds. The summed E-state index contributed by atoms with van der Waals surface area (Å²) in [4.78, 5) is 12.9. The summed E-state index contributed by atoms with van der Waals surface area (Å²) in [6.07, 6.45) is -2.60. The second kappa shape index (κ2) is 6.22. The molecule has 0 atom stereocenters. The van der Waals surface area contributed by atoms with Gasteiger partial charge in [-0.15, -0.1) is 11.8 Å². The second-order valence-electron chi connectivity index (χ2n) is 4.23. The van der Waals surface area contributed by atoms with Crippen molar-refractivity contribution in [1.82, 2.24) is 0 Å². The van der Waals surface area contributed by atoms with Crippen LogP contribution in [-0.4, -0.2) is 12.2 Å². The van der Waals surface area contributed by atoms with Crippen LogP contribution in [0.25, 0.3) is 0 Å². The van der Waals surface area contributed by atoms with E-state index in [1.165, 1.54) is 23.9 Å². The predicted octanol–water partition coefficient (Wildman–Crippen LogP) is 4.68. The molecule has 0 aliphatic heterocycles. The van der Waals surface area contributed by atoms with E-state index in [1.807, 2.05) is 6.26 Å². The fourth-order valence-corrected chi connectivity index (χ4v) is 2.40. The Kier molecular flexibility index (Phi) is 4.57. The Morgan fingerprint density at radius 1 is 1.10 bits per heavy atom. The molecule has 0 aromatic heterocycles. The molecule has 0 heterocycles. The number of alkyl halides is 3. The summed E-state index contributed by atoms with van der Waals surface area (Å²) in [5.74, 6) is -0.431. The molecule has 0 aliphatic rings. The van der Waals surface area contributed by atoms with Gasteiger partial charge in [0.2, 0.25) is 0 Å². The minimum atomic E-state index is -4.43. The first-order valence-electron chi connectivity index (χ1n) is 6.03. The third kappa shape index (κ3) is 3.78. The smallest absolute Gasteiger partial charge is 0.322 e. The zero-order chi connectivity index (χ0) is 15.5. The number of carbonyl (C=O) groups is 1. The third-order valence-corrected chi connectivity index (χ3v) is 3.60. The van der Waals surface area contributed by atoms with E-state index in [9.17, 15) is 18.0 Å². The van der Waals surface area contributed by atoms with Gasteiger partial charge in [-0.3, -0.25) is 4.79 Å². The first kappa shape index (κ1) is 15.4. The minimum absolute atomic E-state index is 0.116. The van der Waals surface area contributed by atoms with Crippen LogP contribution in [0.15, 0.2) is 53.4 Å². The van der Waals surface area contributed by atoms with Crippen molar-refractivity contribution in [3.8, 4) is 0 Å². The van der Waals surface area contributed by atoms with Gasteiger partial charge in [-0.25, -0.2) is 0 Å². The van der Waals surface area contributed by atoms with E-state index >= 15 is 0 Å². The lowest BCUT2D eigenvalue weighted by atomic mass is 10.1. The molecule has 21 heavy (non-hydrogen) atoms. The summed E-state index contributed by atoms with van der Waals surface area (Å²) < 4.78 is 37.9. The largest absolute Gasteiger partial charge is 0.416 e. The van der Waals surface area contributed by atoms with Gasteiger partial charge in [0.05, 0.1) is 11.1 Å². The lowest BCUT2D eigenvalue weighted by molar-refractivity contribution is -0.137. The van der Waals surface area contributed by atoms with Crippen molar-refractivity contribution in [2.24, 2.45) is 0 Å². The second-order valence-corrected chi connectivity index (χ2v) is 5.08. The number of thioether (sulfide) groups is 1. The zero-order valence-electron chi connectivity index (χ0n) is 11.1. The SMILES string of the molecule is CSc1ccccc1C(=O)Nc1cccc(C(F)(F)F)c1. The summed E-state index contributed by atoms with van der Waals surface area (Å²) in [5.41, 5.74) is -0.244. The molecule has 2 aromatic carbocycles. The topological polar surface area (TPSA) is 29.1 Å². The molecule has 0 unspecified atom stereocenters. The Labute approximate surface area is 124 Å². The maximum absolute atomic E-state index is 12.6. The highest BCUT2D eigenvalue weighted by Gasteiger charge is 2.30. The van der Waals surface area contributed by atoms with Crippen LogP contribution < -0.4 is 5.32 Å². The molecular formula is C15H12F3NOS. The summed E-state index contributed by atoms with van der Waals surface area (Å²) in [6, 6.07) is 11.5. The molecule has 0 aliphatic carbocycles. The van der Waals surface area contributed by atoms with Gasteiger partial charge in [0.1, 0.15) is 0 Å². The average Bonchev–Trinajstić information content (AvgIpc) is 2.46. The number of anilines is 1. The fourth-order valence-electron chi connectivity index (χ4n) is 1.80. The quantitative estimate of drug-likeness (QED) is 0.834. The predicted molar refractivity (Wildman–Crippen MR) is 77.6 cm³/mol. The number of nitrogens with one attached hydrogen (secondary N) is 1. The van der Waals surface area contributed by atoms with E-state index in [-0.39, 0.29) is 5.69 Å². The molecule has 0 fully saturated rings. The number of hydrogen-bond donors (Lipinski definition) is 1. The van der Waals surface area contributed by atoms with Crippen molar-refractivity contribution in [3.05, 3.63) is 59.7 Å². The van der Waals surface area contributed by atoms with Gasteiger partial charge >= 0.3 is 6.18 Å². The van der Waals surface area contributed by atoms with E-state index in [1.54, 1.807) is 24.3 Å². The van der Waals surface area contributed by atoms with Crippen molar-refractivity contribution in [2.75, 3.05) is 11.6 Å². The van der Waals surface area contributed by atoms with Crippen molar-refractivity contribution in [3.63, 3.8) is 0 Å². The Morgan fingerprint density at radius 3 is 2.48 bits per heavy atom. The van der Waals surface area contributed by atoms with Gasteiger partial charge in [-0.2, -0.15) is 13.2 Å². The van der Waals surface area contributed by atoms with Crippen LogP contribution in [0.2, 0.25) is 0 Å². The van der Waals surface area contributed by atoms with Crippen molar-refractivity contribution < 1.29 is 18.0 Å². The fraction of sp³-hybridized carbons (Fsp3) is 0.133. The first-order chi connectivity index (χ1) is 9.91. The van der Waals surface area contributed by atoms with Crippen LogP contribution in [-0.2, 0) is 6.18 Å². The number of benzene rings is 2. The van der Waals surface area contributed by atoms with E-state index < -0.39 is 17.6 Å². The highest BCUT2D eigenvalue weighted by atomic mass is 32.2. The summed E-state index contributed by atoms with van der Waals surface area (Å²) in [5, 5.41) is 2.49. The third-order valence-electron chi connectivity index (χ3n) is 2.80. The molecule has 0 bridgehead atoms.